The predicted octanol–water partition coefficient (Wildman–Crippen LogP) is 14.1. The van der Waals surface area contributed by atoms with Crippen LogP contribution in [0.5, 0.6) is 0 Å². The van der Waals surface area contributed by atoms with Crippen LogP contribution in [0.1, 0.15) is 0 Å². The zero-order valence-corrected chi connectivity index (χ0v) is 28.4. The van der Waals surface area contributed by atoms with Gasteiger partial charge in [0, 0.05) is 47.7 Å². The molecule has 0 saturated heterocycles. The second kappa shape index (κ2) is 11.0. The molecule has 0 radical (unpaired) electrons. The van der Waals surface area contributed by atoms with Gasteiger partial charge in [-0.3, -0.25) is 0 Å². The van der Waals surface area contributed by atoms with Crippen LogP contribution in [0, 0.1) is 0 Å². The molecule has 0 spiro atoms. The van der Waals surface area contributed by atoms with Gasteiger partial charge in [-0.25, -0.2) is 0 Å². The Morgan fingerprint density at radius 2 is 1.04 bits per heavy atom. The van der Waals surface area contributed by atoms with Crippen molar-refractivity contribution in [2.24, 2.45) is 0 Å². The van der Waals surface area contributed by atoms with E-state index in [1.54, 1.807) is 0 Å². The fraction of sp³-hybridized carbons (Fsp3) is 0. The second-order valence-electron chi connectivity index (χ2n) is 13.3. The highest BCUT2D eigenvalue weighted by Crippen LogP contribution is 2.49. The van der Waals surface area contributed by atoms with Gasteiger partial charge in [-0.05, 0) is 81.5 Å². The maximum atomic E-state index is 2.54. The van der Waals surface area contributed by atoms with Crippen molar-refractivity contribution in [1.29, 1.82) is 0 Å². The van der Waals surface area contributed by atoms with Crippen molar-refractivity contribution in [1.82, 2.24) is 4.57 Å². The normalized spacial score (nSPS) is 11.9. The third-order valence-electron chi connectivity index (χ3n) is 10.5. The molecule has 0 atom stereocenters. The Morgan fingerprint density at radius 3 is 1.92 bits per heavy atom. The molecule has 11 aromatic rings. The lowest BCUT2D eigenvalue weighted by Gasteiger charge is -2.29. The number of fused-ring (bicyclic) bond motifs is 11. The largest absolute Gasteiger partial charge is 0.309 e. The summed E-state index contributed by atoms with van der Waals surface area (Å²) in [5, 5.41) is 12.6. The molecule has 0 bridgehead atoms. The number of anilines is 3. The van der Waals surface area contributed by atoms with Gasteiger partial charge in [-0.15, -0.1) is 11.3 Å². The van der Waals surface area contributed by atoms with E-state index in [2.05, 4.69) is 191 Å². The fourth-order valence-corrected chi connectivity index (χ4v) is 9.48. The third-order valence-corrected chi connectivity index (χ3v) is 11.7. The van der Waals surface area contributed by atoms with Crippen molar-refractivity contribution in [2.45, 2.75) is 0 Å². The van der Waals surface area contributed by atoms with Crippen LogP contribution in [-0.4, -0.2) is 4.57 Å². The molecule has 0 aliphatic carbocycles. The monoisotopic (exact) mass is 666 g/mol. The Kier molecular flexibility index (Phi) is 6.16. The zero-order chi connectivity index (χ0) is 33.5. The van der Waals surface area contributed by atoms with Crippen LogP contribution in [0.3, 0.4) is 0 Å². The summed E-state index contributed by atoms with van der Waals surface area (Å²) in [4.78, 5) is 2.54. The predicted molar refractivity (Wildman–Crippen MR) is 221 cm³/mol. The average Bonchev–Trinajstić information content (AvgIpc) is 3.74. The van der Waals surface area contributed by atoms with Gasteiger partial charge >= 0.3 is 0 Å². The summed E-state index contributed by atoms with van der Waals surface area (Å²) in [6.45, 7) is 0. The van der Waals surface area contributed by atoms with E-state index in [0.29, 0.717) is 0 Å². The third kappa shape index (κ3) is 4.22. The summed E-state index contributed by atoms with van der Waals surface area (Å²) in [5.41, 5.74) is 7.00. The van der Waals surface area contributed by atoms with Crippen molar-refractivity contribution < 1.29 is 0 Å². The van der Waals surface area contributed by atoms with Crippen molar-refractivity contribution in [3.63, 3.8) is 0 Å². The number of nitrogens with zero attached hydrogens (tertiary/aromatic N) is 2. The molecule has 0 saturated carbocycles. The molecule has 0 N–H and O–H groups in total. The summed E-state index contributed by atoms with van der Waals surface area (Å²) in [5.74, 6) is 0. The summed E-state index contributed by atoms with van der Waals surface area (Å²) < 4.78 is 5.01. The van der Waals surface area contributed by atoms with E-state index < -0.39 is 0 Å². The Bertz CT molecular complexity index is 3150. The molecular weight excluding hydrogens is 637 g/mol. The Balaban J connectivity index is 1.32. The van der Waals surface area contributed by atoms with Crippen LogP contribution in [0.2, 0.25) is 0 Å². The van der Waals surface area contributed by atoms with Gasteiger partial charge in [-0.2, -0.15) is 0 Å². The lowest BCUT2D eigenvalue weighted by Crippen LogP contribution is -2.11. The molecule has 51 heavy (non-hydrogen) atoms. The SMILES string of the molecule is c1ccc(-n2c3ccccc3c3c(N(c4ccc5c(c4)sc4ccccc45)c4cc5ccccc5c5ccc6ccccc6c45)cccc32)cc1. The number of thiophene rings is 1. The average molecular weight is 667 g/mol. The molecule has 0 unspecified atom stereocenters. The lowest BCUT2D eigenvalue weighted by molar-refractivity contribution is 1.18. The molecule has 238 valence electrons. The second-order valence-corrected chi connectivity index (χ2v) is 14.4. The lowest BCUT2D eigenvalue weighted by atomic mass is 9.94. The van der Waals surface area contributed by atoms with Gasteiger partial charge in [0.1, 0.15) is 0 Å². The summed E-state index contributed by atoms with van der Waals surface area (Å²) in [6.07, 6.45) is 0. The van der Waals surface area contributed by atoms with Gasteiger partial charge in [-0.1, -0.05) is 127 Å². The summed E-state index contributed by atoms with van der Waals surface area (Å²) in [6, 6.07) is 66.9. The standard InChI is InChI=1S/C48H30N2S/c1-2-15-33(16-3-1)49-41-21-10-8-20-40(41)48-42(49)22-12-23-43(48)50(34-26-28-38-37-19-9-11-24-45(37)51-46(38)30-34)44-29-32-14-5-6-17-35(32)39-27-25-31-13-4-7-18-36(31)47(39)44/h1-30H. The number of aromatic nitrogens is 1. The molecule has 0 fully saturated rings. The van der Waals surface area contributed by atoms with Crippen LogP contribution < -0.4 is 4.90 Å². The van der Waals surface area contributed by atoms with E-state index in [1.165, 1.54) is 80.0 Å². The Labute approximate surface area is 298 Å². The van der Waals surface area contributed by atoms with E-state index in [1.807, 2.05) is 11.3 Å². The van der Waals surface area contributed by atoms with Crippen LogP contribution in [-0.2, 0) is 0 Å². The fourth-order valence-electron chi connectivity index (χ4n) is 8.34. The minimum absolute atomic E-state index is 1.14. The smallest absolute Gasteiger partial charge is 0.0562 e. The van der Waals surface area contributed by atoms with Crippen molar-refractivity contribution in [3.8, 4) is 5.69 Å². The molecule has 2 aromatic heterocycles. The van der Waals surface area contributed by atoms with E-state index in [-0.39, 0.29) is 0 Å². The highest BCUT2D eigenvalue weighted by atomic mass is 32.1. The number of hydrogen-bond acceptors (Lipinski definition) is 2. The number of rotatable bonds is 4. The van der Waals surface area contributed by atoms with E-state index in [0.717, 1.165) is 17.1 Å². The molecule has 3 heteroatoms. The van der Waals surface area contributed by atoms with Gasteiger partial charge in [0.25, 0.3) is 0 Å². The van der Waals surface area contributed by atoms with Crippen molar-refractivity contribution in [2.75, 3.05) is 4.90 Å². The van der Waals surface area contributed by atoms with Gasteiger partial charge in [0.15, 0.2) is 0 Å². The molecule has 2 heterocycles. The Morgan fingerprint density at radius 1 is 0.373 bits per heavy atom. The molecule has 0 amide bonds. The number of para-hydroxylation sites is 2. The first-order chi connectivity index (χ1) is 25.3. The zero-order valence-electron chi connectivity index (χ0n) is 27.6. The summed E-state index contributed by atoms with van der Waals surface area (Å²) >= 11 is 1.87. The maximum Gasteiger partial charge on any atom is 0.0562 e. The first-order valence-corrected chi connectivity index (χ1v) is 18.3. The van der Waals surface area contributed by atoms with E-state index in [9.17, 15) is 0 Å². The quantitative estimate of drug-likeness (QED) is 0.170. The topological polar surface area (TPSA) is 8.17 Å². The Hall–Kier alpha value is -6.42. The number of hydrogen-bond donors (Lipinski definition) is 0. The highest BCUT2D eigenvalue weighted by molar-refractivity contribution is 7.25. The van der Waals surface area contributed by atoms with Crippen molar-refractivity contribution in [3.05, 3.63) is 182 Å². The minimum atomic E-state index is 1.14. The maximum absolute atomic E-state index is 2.54. The number of benzene rings is 9. The van der Waals surface area contributed by atoms with Crippen LogP contribution in [0.25, 0.3) is 80.0 Å². The molecule has 0 aliphatic heterocycles. The first kappa shape index (κ1) is 28.4. The van der Waals surface area contributed by atoms with Crippen LogP contribution >= 0.6 is 11.3 Å². The summed E-state index contributed by atoms with van der Waals surface area (Å²) in [7, 11) is 0. The van der Waals surface area contributed by atoms with Crippen LogP contribution in [0.15, 0.2) is 182 Å². The first-order valence-electron chi connectivity index (χ1n) is 17.4. The van der Waals surface area contributed by atoms with E-state index >= 15 is 0 Å². The van der Waals surface area contributed by atoms with Crippen LogP contribution in [0.4, 0.5) is 17.1 Å². The molecule has 9 aromatic carbocycles. The molecular formula is C48H30N2S. The van der Waals surface area contributed by atoms with Gasteiger partial charge in [0.05, 0.1) is 22.4 Å². The van der Waals surface area contributed by atoms with E-state index in [4.69, 9.17) is 0 Å². The van der Waals surface area contributed by atoms with Gasteiger partial charge < -0.3 is 9.47 Å². The van der Waals surface area contributed by atoms with Gasteiger partial charge in [0.2, 0.25) is 0 Å². The minimum Gasteiger partial charge on any atom is -0.309 e. The molecule has 11 rings (SSSR count). The molecule has 2 nitrogen and oxygen atoms in total. The van der Waals surface area contributed by atoms with Crippen molar-refractivity contribution >= 4 is 103 Å². The molecule has 0 aliphatic rings. The highest BCUT2D eigenvalue weighted by Gasteiger charge is 2.24.